The molecule has 1 aliphatic heterocycles. The SMILES string of the molecule is CC(O)C1CCCN(CCCc2ccc(C(F)(F)F)cc2)C1. The Bertz CT molecular complexity index is 456. The molecular formula is C17H24F3NO. The summed E-state index contributed by atoms with van der Waals surface area (Å²) >= 11 is 0. The second-order valence-electron chi connectivity index (χ2n) is 6.24. The van der Waals surface area contributed by atoms with Gasteiger partial charge in [0, 0.05) is 6.54 Å². The van der Waals surface area contributed by atoms with Crippen molar-refractivity contribution in [2.75, 3.05) is 19.6 Å². The number of hydrogen-bond acceptors (Lipinski definition) is 2. The standard InChI is InChI=1S/C17H24F3NO/c1-13(22)15-5-3-11-21(12-15)10-2-4-14-6-8-16(9-7-14)17(18,19)20/h6-9,13,15,22H,2-5,10-12H2,1H3. The molecular weight excluding hydrogens is 291 g/mol. The molecule has 5 heteroatoms. The van der Waals surface area contributed by atoms with Crippen LogP contribution in [0.1, 0.15) is 37.3 Å². The first kappa shape index (κ1) is 17.3. The second-order valence-corrected chi connectivity index (χ2v) is 6.24. The lowest BCUT2D eigenvalue weighted by Crippen LogP contribution is -2.40. The van der Waals surface area contributed by atoms with Gasteiger partial charge in [0.05, 0.1) is 11.7 Å². The normalized spacial score (nSPS) is 21.8. The van der Waals surface area contributed by atoms with E-state index in [1.54, 1.807) is 12.1 Å². The van der Waals surface area contributed by atoms with Crippen LogP contribution in [0.25, 0.3) is 0 Å². The predicted octanol–water partition coefficient (Wildman–Crippen LogP) is 3.73. The first-order chi connectivity index (χ1) is 10.4. The van der Waals surface area contributed by atoms with E-state index in [1.165, 1.54) is 0 Å². The number of nitrogens with zero attached hydrogens (tertiary/aromatic N) is 1. The number of benzene rings is 1. The zero-order chi connectivity index (χ0) is 16.2. The average molecular weight is 315 g/mol. The van der Waals surface area contributed by atoms with E-state index in [2.05, 4.69) is 4.90 Å². The molecule has 2 atom stereocenters. The van der Waals surface area contributed by atoms with Crippen LogP contribution in [0, 0.1) is 5.92 Å². The number of likely N-dealkylation sites (tertiary alicyclic amines) is 1. The van der Waals surface area contributed by atoms with Gasteiger partial charge in [-0.2, -0.15) is 13.2 Å². The Labute approximate surface area is 129 Å². The number of aliphatic hydroxyl groups is 1. The molecule has 2 unspecified atom stereocenters. The fourth-order valence-corrected chi connectivity index (χ4v) is 3.06. The summed E-state index contributed by atoms with van der Waals surface area (Å²) in [4.78, 5) is 2.35. The van der Waals surface area contributed by atoms with E-state index in [-0.39, 0.29) is 6.10 Å². The molecule has 22 heavy (non-hydrogen) atoms. The van der Waals surface area contributed by atoms with Crippen LogP contribution in [0.2, 0.25) is 0 Å². The Balaban J connectivity index is 1.76. The lowest BCUT2D eigenvalue weighted by Gasteiger charge is -2.34. The number of aliphatic hydroxyl groups excluding tert-OH is 1. The summed E-state index contributed by atoms with van der Waals surface area (Å²) < 4.78 is 37.5. The third-order valence-corrected chi connectivity index (χ3v) is 4.45. The van der Waals surface area contributed by atoms with E-state index >= 15 is 0 Å². The fraction of sp³-hybridized carbons (Fsp3) is 0.647. The Morgan fingerprint density at radius 1 is 1.27 bits per heavy atom. The molecule has 1 N–H and O–H groups in total. The van der Waals surface area contributed by atoms with E-state index in [9.17, 15) is 18.3 Å². The number of aryl methyl sites for hydroxylation is 1. The summed E-state index contributed by atoms with van der Waals surface area (Å²) in [7, 11) is 0. The third-order valence-electron chi connectivity index (χ3n) is 4.45. The Morgan fingerprint density at radius 3 is 2.55 bits per heavy atom. The van der Waals surface area contributed by atoms with Crippen LogP contribution < -0.4 is 0 Å². The Hall–Kier alpha value is -1.07. The molecule has 1 saturated heterocycles. The summed E-state index contributed by atoms with van der Waals surface area (Å²) in [5.74, 6) is 0.347. The maximum atomic E-state index is 12.5. The maximum absolute atomic E-state index is 12.5. The summed E-state index contributed by atoms with van der Waals surface area (Å²) in [5, 5.41) is 9.67. The van der Waals surface area contributed by atoms with Crippen molar-refractivity contribution in [2.24, 2.45) is 5.92 Å². The largest absolute Gasteiger partial charge is 0.416 e. The van der Waals surface area contributed by atoms with Crippen LogP contribution in [0.4, 0.5) is 13.2 Å². The molecule has 2 rings (SSSR count). The lowest BCUT2D eigenvalue weighted by atomic mass is 9.93. The first-order valence-electron chi connectivity index (χ1n) is 7.93. The molecule has 1 aromatic rings. The van der Waals surface area contributed by atoms with Crippen LogP contribution in [0.3, 0.4) is 0 Å². The van der Waals surface area contributed by atoms with Crippen molar-refractivity contribution in [3.8, 4) is 0 Å². The topological polar surface area (TPSA) is 23.5 Å². The molecule has 124 valence electrons. The Morgan fingerprint density at radius 2 is 1.95 bits per heavy atom. The van der Waals surface area contributed by atoms with Crippen molar-refractivity contribution in [1.82, 2.24) is 4.90 Å². The number of alkyl halides is 3. The molecule has 0 aliphatic carbocycles. The summed E-state index contributed by atoms with van der Waals surface area (Å²) in [6, 6.07) is 5.44. The van der Waals surface area contributed by atoms with Crippen LogP contribution in [-0.4, -0.2) is 35.7 Å². The van der Waals surface area contributed by atoms with Crippen LogP contribution in [-0.2, 0) is 12.6 Å². The van der Waals surface area contributed by atoms with Crippen molar-refractivity contribution in [2.45, 2.75) is 44.9 Å². The van der Waals surface area contributed by atoms with Gasteiger partial charge >= 0.3 is 6.18 Å². The third kappa shape index (κ3) is 4.99. The van der Waals surface area contributed by atoms with Gasteiger partial charge in [0.2, 0.25) is 0 Å². The van der Waals surface area contributed by atoms with Gasteiger partial charge in [-0.1, -0.05) is 12.1 Å². The Kier molecular flexibility index (Phi) is 5.87. The second kappa shape index (κ2) is 7.47. The van der Waals surface area contributed by atoms with Crippen LogP contribution in [0.5, 0.6) is 0 Å². The molecule has 1 aromatic carbocycles. The van der Waals surface area contributed by atoms with Crippen molar-refractivity contribution in [1.29, 1.82) is 0 Å². The number of rotatable bonds is 5. The van der Waals surface area contributed by atoms with E-state index in [0.717, 1.165) is 63.0 Å². The smallest absolute Gasteiger partial charge is 0.393 e. The molecule has 0 spiro atoms. The molecule has 0 aromatic heterocycles. The molecule has 2 nitrogen and oxygen atoms in total. The summed E-state index contributed by atoms with van der Waals surface area (Å²) in [6.45, 7) is 4.75. The summed E-state index contributed by atoms with van der Waals surface area (Å²) in [6.07, 6.45) is -0.630. The highest BCUT2D eigenvalue weighted by molar-refractivity contribution is 5.24. The van der Waals surface area contributed by atoms with E-state index in [1.807, 2.05) is 6.92 Å². The van der Waals surface area contributed by atoms with Crippen molar-refractivity contribution in [3.05, 3.63) is 35.4 Å². The molecule has 0 bridgehead atoms. The minimum atomic E-state index is -4.26. The number of halogens is 3. The molecule has 0 saturated carbocycles. The van der Waals surface area contributed by atoms with Gasteiger partial charge in [-0.05, 0) is 69.3 Å². The van der Waals surface area contributed by atoms with Gasteiger partial charge in [0.25, 0.3) is 0 Å². The minimum Gasteiger partial charge on any atom is -0.393 e. The van der Waals surface area contributed by atoms with Crippen molar-refractivity contribution >= 4 is 0 Å². The van der Waals surface area contributed by atoms with Gasteiger partial charge in [0.1, 0.15) is 0 Å². The van der Waals surface area contributed by atoms with Crippen LogP contribution in [0.15, 0.2) is 24.3 Å². The fourth-order valence-electron chi connectivity index (χ4n) is 3.06. The highest BCUT2D eigenvalue weighted by Gasteiger charge is 2.29. The monoisotopic (exact) mass is 315 g/mol. The quantitative estimate of drug-likeness (QED) is 0.895. The van der Waals surface area contributed by atoms with Crippen molar-refractivity contribution in [3.63, 3.8) is 0 Å². The minimum absolute atomic E-state index is 0.266. The molecule has 1 aliphatic rings. The van der Waals surface area contributed by atoms with Gasteiger partial charge in [0.15, 0.2) is 0 Å². The molecule has 0 amide bonds. The maximum Gasteiger partial charge on any atom is 0.416 e. The molecule has 1 fully saturated rings. The zero-order valence-corrected chi connectivity index (χ0v) is 12.9. The number of hydrogen-bond donors (Lipinski definition) is 1. The van der Waals surface area contributed by atoms with E-state index in [4.69, 9.17) is 0 Å². The van der Waals surface area contributed by atoms with E-state index < -0.39 is 11.7 Å². The highest BCUT2D eigenvalue weighted by atomic mass is 19.4. The lowest BCUT2D eigenvalue weighted by molar-refractivity contribution is -0.137. The van der Waals surface area contributed by atoms with Gasteiger partial charge in [-0.3, -0.25) is 0 Å². The van der Waals surface area contributed by atoms with Gasteiger partial charge < -0.3 is 10.0 Å². The molecule has 0 radical (unpaired) electrons. The average Bonchev–Trinajstić information content (AvgIpc) is 2.47. The van der Waals surface area contributed by atoms with Gasteiger partial charge in [-0.15, -0.1) is 0 Å². The van der Waals surface area contributed by atoms with Crippen molar-refractivity contribution < 1.29 is 18.3 Å². The highest BCUT2D eigenvalue weighted by Crippen LogP contribution is 2.29. The van der Waals surface area contributed by atoms with E-state index in [0.29, 0.717) is 5.92 Å². The summed E-state index contributed by atoms with van der Waals surface area (Å²) in [5.41, 5.74) is 0.351. The predicted molar refractivity (Wildman–Crippen MR) is 80.6 cm³/mol. The number of piperidine rings is 1. The molecule has 1 heterocycles. The zero-order valence-electron chi connectivity index (χ0n) is 12.9. The van der Waals surface area contributed by atoms with Gasteiger partial charge in [-0.25, -0.2) is 0 Å². The first-order valence-corrected chi connectivity index (χ1v) is 7.93. The van der Waals surface area contributed by atoms with Crippen LogP contribution >= 0.6 is 0 Å².